The van der Waals surface area contributed by atoms with Crippen molar-refractivity contribution in [3.63, 3.8) is 0 Å². The first kappa shape index (κ1) is 21.9. The van der Waals surface area contributed by atoms with E-state index in [-0.39, 0.29) is 24.4 Å². The molecule has 0 atom stereocenters. The lowest BCUT2D eigenvalue weighted by atomic mass is 9.89. The molecule has 140 valence electrons. The third kappa shape index (κ3) is 6.01. The van der Waals surface area contributed by atoms with Gasteiger partial charge in [0.25, 0.3) is 0 Å². The molecule has 3 nitrogen and oxygen atoms in total. The van der Waals surface area contributed by atoms with Crippen LogP contribution in [-0.4, -0.2) is 32.7 Å². The molecule has 0 spiro atoms. The SMILES string of the molecule is CCCCCC/C(=C/B1OC(C)(C)C(C)(C)O1)[Si](C)(C)OC(C)C. The van der Waals surface area contributed by atoms with Gasteiger partial charge < -0.3 is 13.7 Å². The van der Waals surface area contributed by atoms with Crippen molar-refractivity contribution >= 4 is 15.4 Å². The Hall–Kier alpha value is -0.0982. The van der Waals surface area contributed by atoms with Crippen LogP contribution in [0, 0.1) is 0 Å². The second kappa shape index (κ2) is 8.52. The van der Waals surface area contributed by atoms with Crippen LogP contribution in [0.5, 0.6) is 0 Å². The number of rotatable bonds is 9. The number of unbranched alkanes of at least 4 members (excludes halogenated alkanes) is 3. The Bertz CT molecular complexity index is 414. The second-order valence-corrected chi connectivity index (χ2v) is 12.7. The summed E-state index contributed by atoms with van der Waals surface area (Å²) in [6, 6.07) is 0. The summed E-state index contributed by atoms with van der Waals surface area (Å²) in [5.74, 6) is 2.22. The summed E-state index contributed by atoms with van der Waals surface area (Å²) in [6.07, 6.45) is 6.41. The summed E-state index contributed by atoms with van der Waals surface area (Å²) in [5.41, 5.74) is -0.571. The second-order valence-electron chi connectivity index (χ2n) is 8.80. The third-order valence-corrected chi connectivity index (χ3v) is 8.24. The van der Waals surface area contributed by atoms with Crippen molar-refractivity contribution in [2.24, 2.45) is 0 Å². The van der Waals surface area contributed by atoms with Crippen LogP contribution in [0.25, 0.3) is 0 Å². The molecule has 1 aliphatic heterocycles. The molecular weight excluding hydrogens is 315 g/mol. The van der Waals surface area contributed by atoms with Gasteiger partial charge in [-0.1, -0.05) is 37.4 Å². The average molecular weight is 354 g/mol. The van der Waals surface area contributed by atoms with Crippen molar-refractivity contribution in [2.75, 3.05) is 0 Å². The molecule has 0 aromatic rings. The van der Waals surface area contributed by atoms with Crippen LogP contribution in [0.3, 0.4) is 0 Å². The lowest BCUT2D eigenvalue weighted by Crippen LogP contribution is -2.41. The number of hydrogen-bond acceptors (Lipinski definition) is 3. The molecule has 0 bridgehead atoms. The van der Waals surface area contributed by atoms with Crippen molar-refractivity contribution in [2.45, 2.75) is 111 Å². The summed E-state index contributed by atoms with van der Waals surface area (Å²) in [6.45, 7) is 19.5. The summed E-state index contributed by atoms with van der Waals surface area (Å²) >= 11 is 0. The molecule has 0 radical (unpaired) electrons. The van der Waals surface area contributed by atoms with Crippen LogP contribution in [0.2, 0.25) is 13.1 Å². The van der Waals surface area contributed by atoms with Gasteiger partial charge in [-0.25, -0.2) is 0 Å². The smallest absolute Gasteiger partial charge is 0.411 e. The Labute approximate surface area is 151 Å². The summed E-state index contributed by atoms with van der Waals surface area (Å²) in [4.78, 5) is 0. The topological polar surface area (TPSA) is 27.7 Å². The van der Waals surface area contributed by atoms with Crippen molar-refractivity contribution < 1.29 is 13.7 Å². The Morgan fingerprint density at radius 3 is 2.04 bits per heavy atom. The molecule has 1 rings (SSSR count). The predicted octanol–water partition coefficient (Wildman–Crippen LogP) is 5.68. The molecule has 1 saturated heterocycles. The zero-order valence-electron chi connectivity index (χ0n) is 17.5. The molecule has 1 aliphatic rings. The fraction of sp³-hybridized carbons (Fsp3) is 0.895. The van der Waals surface area contributed by atoms with E-state index in [1.165, 1.54) is 30.9 Å². The van der Waals surface area contributed by atoms with E-state index in [1.807, 2.05) is 0 Å². The Kier molecular flexibility index (Phi) is 7.79. The zero-order valence-corrected chi connectivity index (χ0v) is 18.5. The average Bonchev–Trinajstić information content (AvgIpc) is 2.59. The highest BCUT2D eigenvalue weighted by Crippen LogP contribution is 2.38. The summed E-state index contributed by atoms with van der Waals surface area (Å²) in [7, 11) is -2.18. The molecule has 1 fully saturated rings. The largest absolute Gasteiger partial charge is 0.486 e. The highest BCUT2D eigenvalue weighted by atomic mass is 28.4. The number of allylic oxidation sites excluding steroid dienone is 1. The van der Waals surface area contributed by atoms with Crippen LogP contribution in [0.1, 0.15) is 80.6 Å². The van der Waals surface area contributed by atoms with Gasteiger partial charge in [0, 0.05) is 6.10 Å². The van der Waals surface area contributed by atoms with E-state index in [2.05, 4.69) is 67.5 Å². The van der Waals surface area contributed by atoms with Gasteiger partial charge in [-0.15, -0.1) is 0 Å². The monoisotopic (exact) mass is 354 g/mol. The first-order valence-corrected chi connectivity index (χ1v) is 12.6. The molecule has 24 heavy (non-hydrogen) atoms. The van der Waals surface area contributed by atoms with E-state index in [0.29, 0.717) is 0 Å². The standard InChI is InChI=1S/C19H39BO3Si/c1-10-11-12-13-14-17(24(8,9)21-16(2)3)15-20-22-18(4,5)19(6,7)23-20/h15-16H,10-14H2,1-9H3/b17-15-. The molecule has 5 heteroatoms. The lowest BCUT2D eigenvalue weighted by molar-refractivity contribution is 0.00578. The Morgan fingerprint density at radius 1 is 1.04 bits per heavy atom. The normalized spacial score (nSPS) is 20.9. The van der Waals surface area contributed by atoms with Gasteiger partial charge in [0.05, 0.1) is 11.2 Å². The minimum absolute atomic E-state index is 0.254. The number of hydrogen-bond donors (Lipinski definition) is 0. The Balaban J connectivity index is 2.92. The van der Waals surface area contributed by atoms with Crippen LogP contribution < -0.4 is 0 Å². The Morgan fingerprint density at radius 2 is 1.58 bits per heavy atom. The van der Waals surface area contributed by atoms with Crippen molar-refractivity contribution in [3.8, 4) is 0 Å². The quantitative estimate of drug-likeness (QED) is 0.394. The van der Waals surface area contributed by atoms with Crippen molar-refractivity contribution in [3.05, 3.63) is 11.2 Å². The molecule has 0 saturated carbocycles. The summed E-state index contributed by atoms with van der Waals surface area (Å²) in [5, 5.41) is 1.42. The van der Waals surface area contributed by atoms with Crippen molar-refractivity contribution in [1.82, 2.24) is 0 Å². The van der Waals surface area contributed by atoms with E-state index in [9.17, 15) is 0 Å². The molecule has 1 heterocycles. The maximum Gasteiger partial charge on any atom is 0.486 e. The van der Waals surface area contributed by atoms with Gasteiger partial charge in [-0.3, -0.25) is 0 Å². The first-order chi connectivity index (χ1) is 10.9. The predicted molar refractivity (Wildman–Crippen MR) is 107 cm³/mol. The minimum Gasteiger partial charge on any atom is -0.411 e. The maximum atomic E-state index is 6.33. The van der Waals surface area contributed by atoms with E-state index < -0.39 is 8.32 Å². The molecule has 0 N–H and O–H groups in total. The highest BCUT2D eigenvalue weighted by Gasteiger charge is 2.50. The van der Waals surface area contributed by atoms with E-state index >= 15 is 0 Å². The lowest BCUT2D eigenvalue weighted by Gasteiger charge is -2.32. The van der Waals surface area contributed by atoms with Crippen molar-refractivity contribution in [1.29, 1.82) is 0 Å². The molecular formula is C19H39BO3Si. The first-order valence-electron chi connectivity index (χ1n) is 9.66. The van der Waals surface area contributed by atoms with Crippen LogP contribution in [0.4, 0.5) is 0 Å². The van der Waals surface area contributed by atoms with Crippen LogP contribution >= 0.6 is 0 Å². The van der Waals surface area contributed by atoms with E-state index in [1.54, 1.807) is 0 Å². The van der Waals surface area contributed by atoms with Gasteiger partial charge in [0.15, 0.2) is 0 Å². The minimum atomic E-state index is -1.92. The fourth-order valence-corrected chi connectivity index (χ4v) is 5.76. The van der Waals surface area contributed by atoms with Gasteiger partial charge >= 0.3 is 7.12 Å². The van der Waals surface area contributed by atoms with Crippen LogP contribution in [0.15, 0.2) is 11.2 Å². The van der Waals surface area contributed by atoms with E-state index in [0.717, 1.165) is 6.42 Å². The maximum absolute atomic E-state index is 6.33. The van der Waals surface area contributed by atoms with E-state index in [4.69, 9.17) is 13.7 Å². The molecule has 0 aromatic carbocycles. The molecule has 0 aliphatic carbocycles. The molecule has 0 aromatic heterocycles. The zero-order chi connectivity index (χ0) is 18.6. The molecule has 0 unspecified atom stereocenters. The van der Waals surface area contributed by atoms with Gasteiger partial charge in [0.1, 0.15) is 0 Å². The molecule has 0 amide bonds. The van der Waals surface area contributed by atoms with Crippen LogP contribution in [-0.2, 0) is 13.7 Å². The highest BCUT2D eigenvalue weighted by molar-refractivity contribution is 6.79. The third-order valence-electron chi connectivity index (χ3n) is 5.21. The van der Waals surface area contributed by atoms with Gasteiger partial charge in [0.2, 0.25) is 8.32 Å². The summed E-state index contributed by atoms with van der Waals surface area (Å²) < 4.78 is 18.7. The van der Waals surface area contributed by atoms with Gasteiger partial charge in [-0.2, -0.15) is 0 Å². The fourth-order valence-electron chi connectivity index (χ4n) is 3.11. The van der Waals surface area contributed by atoms with Gasteiger partial charge in [-0.05, 0) is 67.5 Å².